The number of hydrogen-bond donors (Lipinski definition) is 1. The van der Waals surface area contributed by atoms with Crippen LogP contribution in [0.4, 0.5) is 0 Å². The summed E-state index contributed by atoms with van der Waals surface area (Å²) in [7, 11) is 2.14. The highest BCUT2D eigenvalue weighted by Gasteiger charge is 2.13. The van der Waals surface area contributed by atoms with Gasteiger partial charge in [-0.15, -0.1) is 0 Å². The van der Waals surface area contributed by atoms with E-state index in [2.05, 4.69) is 49.2 Å². The van der Waals surface area contributed by atoms with E-state index in [1.54, 1.807) is 0 Å². The average molecular weight is 303 g/mol. The first-order valence-corrected chi connectivity index (χ1v) is 7.72. The van der Waals surface area contributed by atoms with Crippen LogP contribution in [-0.2, 0) is 13.0 Å². The van der Waals surface area contributed by atoms with Crippen LogP contribution < -0.4 is 5.73 Å². The topological polar surface area (TPSA) is 29.3 Å². The summed E-state index contributed by atoms with van der Waals surface area (Å²) < 4.78 is 0. The minimum Gasteiger partial charge on any atom is -0.330 e. The molecule has 112 valence electrons. The third-order valence-electron chi connectivity index (χ3n) is 3.94. The van der Waals surface area contributed by atoms with Gasteiger partial charge in [-0.25, -0.2) is 0 Å². The van der Waals surface area contributed by atoms with E-state index in [1.807, 2.05) is 18.2 Å². The predicted octanol–water partition coefficient (Wildman–Crippen LogP) is 4.03. The molecule has 0 aliphatic rings. The Morgan fingerprint density at radius 1 is 1.10 bits per heavy atom. The molecule has 0 amide bonds. The zero-order valence-electron chi connectivity index (χ0n) is 12.7. The standard InChI is InChI=1S/C18H23ClN2/c1-14(16-8-5-9-18(19)12-16)21(2)13-17-7-4-3-6-15(17)10-11-20/h3-9,12,14H,10-11,13,20H2,1-2H3. The Kier molecular flexibility index (Phi) is 5.80. The molecule has 2 N–H and O–H groups in total. The van der Waals surface area contributed by atoms with Gasteiger partial charge in [0.25, 0.3) is 0 Å². The fourth-order valence-electron chi connectivity index (χ4n) is 2.54. The number of benzene rings is 2. The molecule has 0 bridgehead atoms. The van der Waals surface area contributed by atoms with Crippen molar-refractivity contribution in [1.82, 2.24) is 4.90 Å². The van der Waals surface area contributed by atoms with Crippen molar-refractivity contribution in [3.8, 4) is 0 Å². The third kappa shape index (κ3) is 4.31. The van der Waals surface area contributed by atoms with Gasteiger partial charge >= 0.3 is 0 Å². The molecule has 3 heteroatoms. The van der Waals surface area contributed by atoms with Gasteiger partial charge in [0.15, 0.2) is 0 Å². The second-order valence-corrected chi connectivity index (χ2v) is 5.89. The number of nitrogens with two attached hydrogens (primary N) is 1. The first-order chi connectivity index (χ1) is 10.1. The summed E-state index contributed by atoms with van der Waals surface area (Å²) in [5.41, 5.74) is 9.62. The minimum absolute atomic E-state index is 0.314. The molecular weight excluding hydrogens is 280 g/mol. The van der Waals surface area contributed by atoms with Crippen LogP contribution in [-0.4, -0.2) is 18.5 Å². The first kappa shape index (κ1) is 16.0. The summed E-state index contributed by atoms with van der Waals surface area (Å²) in [4.78, 5) is 2.33. The van der Waals surface area contributed by atoms with Crippen LogP contribution in [0.1, 0.15) is 29.7 Å². The number of rotatable bonds is 6. The van der Waals surface area contributed by atoms with Gasteiger partial charge in [0.2, 0.25) is 0 Å². The molecule has 2 aromatic rings. The molecule has 0 aromatic heterocycles. The molecule has 0 radical (unpaired) electrons. The molecule has 2 aromatic carbocycles. The quantitative estimate of drug-likeness (QED) is 0.873. The Labute approximate surface area is 132 Å². The second-order valence-electron chi connectivity index (χ2n) is 5.45. The van der Waals surface area contributed by atoms with Gasteiger partial charge in [0, 0.05) is 17.6 Å². The summed E-state index contributed by atoms with van der Waals surface area (Å²) in [6.45, 7) is 3.80. The van der Waals surface area contributed by atoms with Crippen LogP contribution in [0.25, 0.3) is 0 Å². The van der Waals surface area contributed by atoms with Gasteiger partial charge in [-0.1, -0.05) is 48.0 Å². The maximum Gasteiger partial charge on any atom is 0.0409 e. The second kappa shape index (κ2) is 7.60. The molecule has 21 heavy (non-hydrogen) atoms. The third-order valence-corrected chi connectivity index (χ3v) is 4.18. The number of nitrogens with zero attached hydrogens (tertiary/aromatic N) is 1. The Morgan fingerprint density at radius 2 is 1.81 bits per heavy atom. The number of halogens is 1. The van der Waals surface area contributed by atoms with E-state index in [1.165, 1.54) is 16.7 Å². The Hall–Kier alpha value is -1.35. The summed E-state index contributed by atoms with van der Waals surface area (Å²) in [6.07, 6.45) is 0.926. The molecule has 2 nitrogen and oxygen atoms in total. The van der Waals surface area contributed by atoms with E-state index in [9.17, 15) is 0 Å². The average Bonchev–Trinajstić information content (AvgIpc) is 2.48. The van der Waals surface area contributed by atoms with Gasteiger partial charge in [-0.05, 0) is 55.8 Å². The summed E-state index contributed by atoms with van der Waals surface area (Å²) >= 11 is 6.09. The lowest BCUT2D eigenvalue weighted by Gasteiger charge is -2.26. The zero-order valence-corrected chi connectivity index (χ0v) is 13.5. The maximum absolute atomic E-state index is 6.09. The molecule has 0 saturated heterocycles. The van der Waals surface area contributed by atoms with E-state index >= 15 is 0 Å². The predicted molar refractivity (Wildman–Crippen MR) is 90.5 cm³/mol. The van der Waals surface area contributed by atoms with Gasteiger partial charge in [0.1, 0.15) is 0 Å². The summed E-state index contributed by atoms with van der Waals surface area (Å²) in [5, 5.41) is 0.788. The van der Waals surface area contributed by atoms with Gasteiger partial charge in [-0.2, -0.15) is 0 Å². The van der Waals surface area contributed by atoms with Gasteiger partial charge in [-0.3, -0.25) is 4.90 Å². The highest BCUT2D eigenvalue weighted by Crippen LogP contribution is 2.24. The van der Waals surface area contributed by atoms with Crippen molar-refractivity contribution in [2.75, 3.05) is 13.6 Å². The molecule has 0 spiro atoms. The molecule has 1 atom stereocenters. The lowest BCUT2D eigenvalue weighted by atomic mass is 10.0. The molecule has 0 saturated carbocycles. The van der Waals surface area contributed by atoms with E-state index in [0.29, 0.717) is 12.6 Å². The van der Waals surface area contributed by atoms with Crippen molar-refractivity contribution in [2.24, 2.45) is 5.73 Å². The lowest BCUT2D eigenvalue weighted by Crippen LogP contribution is -2.23. The van der Waals surface area contributed by atoms with E-state index in [-0.39, 0.29) is 0 Å². The Morgan fingerprint density at radius 3 is 2.48 bits per heavy atom. The van der Waals surface area contributed by atoms with Crippen molar-refractivity contribution in [1.29, 1.82) is 0 Å². The molecule has 0 aliphatic carbocycles. The minimum atomic E-state index is 0.314. The normalized spacial score (nSPS) is 12.6. The van der Waals surface area contributed by atoms with Crippen LogP contribution in [0, 0.1) is 0 Å². The van der Waals surface area contributed by atoms with Crippen LogP contribution in [0.15, 0.2) is 48.5 Å². The van der Waals surface area contributed by atoms with Crippen molar-refractivity contribution >= 4 is 11.6 Å². The monoisotopic (exact) mass is 302 g/mol. The molecule has 2 rings (SSSR count). The van der Waals surface area contributed by atoms with E-state index in [4.69, 9.17) is 17.3 Å². The fourth-order valence-corrected chi connectivity index (χ4v) is 2.74. The fraction of sp³-hybridized carbons (Fsp3) is 0.333. The highest BCUT2D eigenvalue weighted by molar-refractivity contribution is 6.30. The van der Waals surface area contributed by atoms with E-state index < -0.39 is 0 Å². The van der Waals surface area contributed by atoms with Crippen molar-refractivity contribution in [2.45, 2.75) is 25.9 Å². The van der Waals surface area contributed by atoms with Crippen molar-refractivity contribution < 1.29 is 0 Å². The van der Waals surface area contributed by atoms with E-state index in [0.717, 1.165) is 18.0 Å². The lowest BCUT2D eigenvalue weighted by molar-refractivity contribution is 0.252. The number of hydrogen-bond acceptors (Lipinski definition) is 2. The van der Waals surface area contributed by atoms with Crippen LogP contribution >= 0.6 is 11.6 Å². The summed E-state index contributed by atoms with van der Waals surface area (Å²) in [5.74, 6) is 0. The van der Waals surface area contributed by atoms with Crippen LogP contribution in [0.5, 0.6) is 0 Å². The summed E-state index contributed by atoms with van der Waals surface area (Å²) in [6, 6.07) is 16.9. The molecule has 1 unspecified atom stereocenters. The maximum atomic E-state index is 6.09. The van der Waals surface area contributed by atoms with Crippen molar-refractivity contribution in [3.05, 3.63) is 70.2 Å². The highest BCUT2D eigenvalue weighted by atomic mass is 35.5. The molecule has 0 aliphatic heterocycles. The Balaban J connectivity index is 2.12. The largest absolute Gasteiger partial charge is 0.330 e. The smallest absolute Gasteiger partial charge is 0.0409 e. The van der Waals surface area contributed by atoms with Crippen LogP contribution in [0.2, 0.25) is 5.02 Å². The Bertz CT molecular complexity index is 583. The zero-order chi connectivity index (χ0) is 15.2. The van der Waals surface area contributed by atoms with Crippen LogP contribution in [0.3, 0.4) is 0 Å². The first-order valence-electron chi connectivity index (χ1n) is 7.34. The molecule has 0 heterocycles. The van der Waals surface area contributed by atoms with Crippen molar-refractivity contribution in [3.63, 3.8) is 0 Å². The van der Waals surface area contributed by atoms with Gasteiger partial charge in [0.05, 0.1) is 0 Å². The molecule has 0 fully saturated rings. The molecular formula is C18H23ClN2. The van der Waals surface area contributed by atoms with Gasteiger partial charge < -0.3 is 5.73 Å². The SMILES string of the molecule is CC(c1cccc(Cl)c1)N(C)Cc1ccccc1CCN.